The molecule has 2 aromatic carbocycles. The van der Waals surface area contributed by atoms with Gasteiger partial charge in [-0.05, 0) is 42.3 Å². The molecular weight excluding hydrogens is 394 g/mol. The van der Waals surface area contributed by atoms with Gasteiger partial charge in [0.15, 0.2) is 0 Å². The Kier molecular flexibility index (Phi) is 6.04. The van der Waals surface area contributed by atoms with Gasteiger partial charge in [0.25, 0.3) is 11.8 Å². The molecule has 3 amide bonds. The summed E-state index contributed by atoms with van der Waals surface area (Å²) in [6.07, 6.45) is 0.654. The van der Waals surface area contributed by atoms with Gasteiger partial charge in [-0.3, -0.25) is 19.3 Å². The highest BCUT2D eigenvalue weighted by Crippen LogP contribution is 2.29. The SMILES string of the molecule is CC[C@H](C)[C@@H](C(=O)Nc1ccc(N2CCOCC2)cc1)N1C(=O)c2ccccc2C1=O. The van der Waals surface area contributed by atoms with E-state index in [0.717, 1.165) is 23.7 Å². The van der Waals surface area contributed by atoms with Crippen molar-refractivity contribution in [2.45, 2.75) is 26.3 Å². The van der Waals surface area contributed by atoms with Crippen LogP contribution in [0, 0.1) is 5.92 Å². The summed E-state index contributed by atoms with van der Waals surface area (Å²) in [6.45, 7) is 6.91. The van der Waals surface area contributed by atoms with Crippen molar-refractivity contribution in [1.82, 2.24) is 4.90 Å². The molecule has 2 aliphatic rings. The van der Waals surface area contributed by atoms with Crippen LogP contribution >= 0.6 is 0 Å². The van der Waals surface area contributed by atoms with Crippen LogP contribution in [0.4, 0.5) is 11.4 Å². The number of amides is 3. The van der Waals surface area contributed by atoms with Crippen molar-refractivity contribution < 1.29 is 19.1 Å². The second-order valence-corrected chi connectivity index (χ2v) is 7.99. The third-order valence-corrected chi connectivity index (χ3v) is 6.07. The van der Waals surface area contributed by atoms with E-state index >= 15 is 0 Å². The summed E-state index contributed by atoms with van der Waals surface area (Å²) in [5.41, 5.74) is 2.40. The van der Waals surface area contributed by atoms with Gasteiger partial charge in [0.05, 0.1) is 24.3 Å². The number of fused-ring (bicyclic) bond motifs is 1. The second-order valence-electron chi connectivity index (χ2n) is 7.99. The molecule has 7 nitrogen and oxygen atoms in total. The third-order valence-electron chi connectivity index (χ3n) is 6.07. The molecule has 0 saturated carbocycles. The van der Waals surface area contributed by atoms with Gasteiger partial charge < -0.3 is 15.0 Å². The number of hydrogen-bond acceptors (Lipinski definition) is 5. The fraction of sp³-hybridized carbons (Fsp3) is 0.375. The molecule has 0 bridgehead atoms. The van der Waals surface area contributed by atoms with Crippen LogP contribution in [0.25, 0.3) is 0 Å². The van der Waals surface area contributed by atoms with E-state index < -0.39 is 17.9 Å². The topological polar surface area (TPSA) is 79.0 Å². The molecule has 0 unspecified atom stereocenters. The summed E-state index contributed by atoms with van der Waals surface area (Å²) in [6, 6.07) is 13.4. The molecule has 2 aliphatic heterocycles. The van der Waals surface area contributed by atoms with E-state index in [1.807, 2.05) is 38.1 Å². The normalized spacial score (nSPS) is 18.0. The summed E-state index contributed by atoms with van der Waals surface area (Å²) >= 11 is 0. The molecule has 1 fully saturated rings. The van der Waals surface area contributed by atoms with Gasteiger partial charge in [-0.25, -0.2) is 0 Å². The van der Waals surface area contributed by atoms with Gasteiger partial charge in [-0.1, -0.05) is 32.4 Å². The molecule has 2 heterocycles. The zero-order valence-corrected chi connectivity index (χ0v) is 17.8. The van der Waals surface area contributed by atoms with Crippen LogP contribution in [0.3, 0.4) is 0 Å². The van der Waals surface area contributed by atoms with E-state index in [2.05, 4.69) is 10.2 Å². The molecule has 7 heteroatoms. The zero-order valence-electron chi connectivity index (χ0n) is 17.8. The first-order valence-corrected chi connectivity index (χ1v) is 10.7. The number of carbonyl (C=O) groups is 3. The first-order valence-electron chi connectivity index (χ1n) is 10.7. The Labute approximate surface area is 182 Å². The Bertz CT molecular complexity index is 948. The number of nitrogens with zero attached hydrogens (tertiary/aromatic N) is 2. The molecule has 2 atom stereocenters. The van der Waals surface area contributed by atoms with Gasteiger partial charge in [0.2, 0.25) is 5.91 Å². The maximum atomic E-state index is 13.2. The van der Waals surface area contributed by atoms with Gasteiger partial charge in [-0.15, -0.1) is 0 Å². The van der Waals surface area contributed by atoms with Crippen LogP contribution in [0.1, 0.15) is 41.0 Å². The Morgan fingerprint density at radius 3 is 2.13 bits per heavy atom. The lowest BCUT2D eigenvalue weighted by molar-refractivity contribution is -0.121. The molecule has 0 aromatic heterocycles. The van der Waals surface area contributed by atoms with Crippen molar-refractivity contribution in [3.8, 4) is 0 Å². The molecule has 0 radical (unpaired) electrons. The van der Waals surface area contributed by atoms with E-state index in [9.17, 15) is 14.4 Å². The Hall–Kier alpha value is -3.19. The molecule has 31 heavy (non-hydrogen) atoms. The number of benzene rings is 2. The van der Waals surface area contributed by atoms with E-state index in [-0.39, 0.29) is 11.8 Å². The van der Waals surface area contributed by atoms with Gasteiger partial charge in [0.1, 0.15) is 6.04 Å². The first-order chi connectivity index (χ1) is 15.0. The number of hydrogen-bond donors (Lipinski definition) is 1. The van der Waals surface area contributed by atoms with E-state index in [1.165, 1.54) is 0 Å². The lowest BCUT2D eigenvalue weighted by Crippen LogP contribution is -2.50. The van der Waals surface area contributed by atoms with Crippen LogP contribution in [-0.2, 0) is 9.53 Å². The average molecular weight is 421 g/mol. The molecule has 162 valence electrons. The van der Waals surface area contributed by atoms with Crippen molar-refractivity contribution in [3.05, 3.63) is 59.7 Å². The molecule has 1 N–H and O–H groups in total. The lowest BCUT2D eigenvalue weighted by atomic mass is 9.96. The van der Waals surface area contributed by atoms with Crippen LogP contribution in [-0.4, -0.2) is 55.0 Å². The zero-order chi connectivity index (χ0) is 22.0. The molecule has 4 rings (SSSR count). The third kappa shape index (κ3) is 4.05. The highest BCUT2D eigenvalue weighted by molar-refractivity contribution is 6.23. The number of anilines is 2. The smallest absolute Gasteiger partial charge is 0.262 e. The quantitative estimate of drug-likeness (QED) is 0.725. The molecule has 0 aliphatic carbocycles. The number of morpholine rings is 1. The highest BCUT2D eigenvalue weighted by atomic mass is 16.5. The van der Waals surface area contributed by atoms with Crippen LogP contribution in [0.2, 0.25) is 0 Å². The molecule has 1 saturated heterocycles. The van der Waals surface area contributed by atoms with Crippen molar-refractivity contribution in [2.24, 2.45) is 5.92 Å². The van der Waals surface area contributed by atoms with Crippen LogP contribution in [0.5, 0.6) is 0 Å². The first kappa shape index (κ1) is 21.1. The Morgan fingerprint density at radius 2 is 1.58 bits per heavy atom. The number of carbonyl (C=O) groups excluding carboxylic acids is 3. The number of imide groups is 1. The van der Waals surface area contributed by atoms with E-state index in [0.29, 0.717) is 36.4 Å². The standard InChI is InChI=1S/C24H27N3O4/c1-3-16(2)21(27-23(29)19-6-4-5-7-20(19)24(27)30)22(28)25-17-8-10-18(11-9-17)26-12-14-31-15-13-26/h4-11,16,21H,3,12-15H2,1-2H3,(H,25,28)/t16-,21-/m0/s1. The largest absolute Gasteiger partial charge is 0.378 e. The summed E-state index contributed by atoms with van der Waals surface area (Å²) in [4.78, 5) is 42.5. The second kappa shape index (κ2) is 8.89. The minimum atomic E-state index is -0.878. The van der Waals surface area contributed by atoms with Crippen molar-refractivity contribution in [1.29, 1.82) is 0 Å². The van der Waals surface area contributed by atoms with E-state index in [1.54, 1.807) is 24.3 Å². The van der Waals surface area contributed by atoms with Gasteiger partial charge >= 0.3 is 0 Å². The summed E-state index contributed by atoms with van der Waals surface area (Å²) in [5.74, 6) is -1.37. The molecule has 0 spiro atoms. The summed E-state index contributed by atoms with van der Waals surface area (Å²) < 4.78 is 5.39. The molecule has 2 aromatic rings. The maximum Gasteiger partial charge on any atom is 0.262 e. The minimum absolute atomic E-state index is 0.185. The van der Waals surface area contributed by atoms with Gasteiger partial charge in [-0.2, -0.15) is 0 Å². The molecular formula is C24H27N3O4. The predicted octanol–water partition coefficient (Wildman–Crippen LogP) is 3.17. The van der Waals surface area contributed by atoms with Gasteiger partial charge in [0, 0.05) is 24.5 Å². The van der Waals surface area contributed by atoms with Crippen molar-refractivity contribution >= 4 is 29.1 Å². The van der Waals surface area contributed by atoms with E-state index in [4.69, 9.17) is 4.74 Å². The van der Waals surface area contributed by atoms with Crippen LogP contribution < -0.4 is 10.2 Å². The summed E-state index contributed by atoms with van der Waals surface area (Å²) in [7, 11) is 0. The van der Waals surface area contributed by atoms with Crippen molar-refractivity contribution in [2.75, 3.05) is 36.5 Å². The average Bonchev–Trinajstić information content (AvgIpc) is 3.05. The summed E-state index contributed by atoms with van der Waals surface area (Å²) in [5, 5.41) is 2.90. The fourth-order valence-electron chi connectivity index (χ4n) is 4.11. The monoisotopic (exact) mass is 421 g/mol. The Morgan fingerprint density at radius 1 is 1.00 bits per heavy atom. The Balaban J connectivity index is 1.53. The highest BCUT2D eigenvalue weighted by Gasteiger charge is 2.44. The number of nitrogens with one attached hydrogen (secondary N) is 1. The predicted molar refractivity (Wildman–Crippen MR) is 118 cm³/mol. The minimum Gasteiger partial charge on any atom is -0.378 e. The maximum absolute atomic E-state index is 13.2. The van der Waals surface area contributed by atoms with Crippen LogP contribution in [0.15, 0.2) is 48.5 Å². The number of rotatable bonds is 6. The number of ether oxygens (including phenoxy) is 1. The lowest BCUT2D eigenvalue weighted by Gasteiger charge is -2.30. The fourth-order valence-corrected chi connectivity index (χ4v) is 4.11. The van der Waals surface area contributed by atoms with Crippen molar-refractivity contribution in [3.63, 3.8) is 0 Å².